The van der Waals surface area contributed by atoms with Crippen LogP contribution in [0.3, 0.4) is 0 Å². The minimum Gasteiger partial charge on any atom is -0.336 e. The minimum atomic E-state index is -0.918. The maximum atomic E-state index is 12.4. The van der Waals surface area contributed by atoms with Crippen molar-refractivity contribution in [3.63, 3.8) is 0 Å². The first-order valence-electron chi connectivity index (χ1n) is 7.59. The summed E-state index contributed by atoms with van der Waals surface area (Å²) < 4.78 is 0. The van der Waals surface area contributed by atoms with Crippen LogP contribution in [0.1, 0.15) is 27.2 Å². The Morgan fingerprint density at radius 3 is 2.83 bits per heavy atom. The van der Waals surface area contributed by atoms with Crippen LogP contribution in [0, 0.1) is 17.2 Å². The molecule has 23 heavy (non-hydrogen) atoms. The normalized spacial score (nSPS) is 16.5. The van der Waals surface area contributed by atoms with Gasteiger partial charge in [0.05, 0.1) is 17.5 Å². The topological polar surface area (TPSA) is 73.2 Å². The molecule has 0 spiro atoms. The molecule has 0 fully saturated rings. The van der Waals surface area contributed by atoms with Crippen LogP contribution in [0.2, 0.25) is 0 Å². The summed E-state index contributed by atoms with van der Waals surface area (Å²) in [5, 5.41) is 12.1. The summed E-state index contributed by atoms with van der Waals surface area (Å²) in [6.07, 6.45) is 0.565. The molecule has 0 radical (unpaired) electrons. The molecule has 5 nitrogen and oxygen atoms in total. The second-order valence-corrected chi connectivity index (χ2v) is 7.34. The lowest BCUT2D eigenvalue weighted by Gasteiger charge is -2.30. The maximum Gasteiger partial charge on any atom is 0.241 e. The van der Waals surface area contributed by atoms with Crippen molar-refractivity contribution >= 4 is 29.3 Å². The van der Waals surface area contributed by atoms with E-state index in [1.54, 1.807) is 6.92 Å². The lowest BCUT2D eigenvalue weighted by Crippen LogP contribution is -2.51. The van der Waals surface area contributed by atoms with Crippen molar-refractivity contribution in [2.75, 3.05) is 17.2 Å². The van der Waals surface area contributed by atoms with E-state index in [1.807, 2.05) is 38.1 Å². The molecule has 1 heterocycles. The molecular formula is C17H21N3O2S. The predicted molar refractivity (Wildman–Crippen MR) is 91.1 cm³/mol. The predicted octanol–water partition coefficient (Wildman–Crippen LogP) is 2.57. The van der Waals surface area contributed by atoms with Gasteiger partial charge in [-0.3, -0.25) is 9.59 Å². The number of thioether (sulfide) groups is 1. The number of carbonyl (C=O) groups excluding carboxylic acids is 2. The number of carbonyl (C=O) groups is 2. The monoisotopic (exact) mass is 331 g/mol. The number of nitrogens with zero attached hydrogens (tertiary/aromatic N) is 2. The molecule has 0 saturated carbocycles. The zero-order valence-corrected chi connectivity index (χ0v) is 14.4. The fourth-order valence-electron chi connectivity index (χ4n) is 2.76. The smallest absolute Gasteiger partial charge is 0.241 e. The molecule has 1 atom stereocenters. The highest BCUT2D eigenvalue weighted by Gasteiger charge is 2.30. The Morgan fingerprint density at radius 2 is 2.17 bits per heavy atom. The summed E-state index contributed by atoms with van der Waals surface area (Å²) in [6, 6.07) is 9.71. The van der Waals surface area contributed by atoms with Gasteiger partial charge in [0.25, 0.3) is 0 Å². The van der Waals surface area contributed by atoms with Crippen LogP contribution in [-0.2, 0) is 9.59 Å². The molecule has 2 rings (SSSR count). The molecule has 0 saturated heterocycles. The van der Waals surface area contributed by atoms with Crippen LogP contribution in [0.25, 0.3) is 0 Å². The molecule has 1 aromatic carbocycles. The number of nitrogens with one attached hydrogen (secondary N) is 1. The summed E-state index contributed by atoms with van der Waals surface area (Å²) in [5.74, 6) is 0.205. The molecule has 0 unspecified atom stereocenters. The zero-order valence-electron chi connectivity index (χ0n) is 13.6. The van der Waals surface area contributed by atoms with E-state index in [9.17, 15) is 14.9 Å². The van der Waals surface area contributed by atoms with Gasteiger partial charge in [0, 0.05) is 4.90 Å². The van der Waals surface area contributed by atoms with Gasteiger partial charge in [0.1, 0.15) is 12.1 Å². The second-order valence-electron chi connectivity index (χ2n) is 6.33. The molecule has 6 heteroatoms. The van der Waals surface area contributed by atoms with Crippen LogP contribution in [0.4, 0.5) is 5.69 Å². The van der Waals surface area contributed by atoms with E-state index < -0.39 is 5.54 Å². The minimum absolute atomic E-state index is 0.0637. The summed E-state index contributed by atoms with van der Waals surface area (Å²) in [5.41, 5.74) is -0.162. The third-order valence-electron chi connectivity index (χ3n) is 3.59. The van der Waals surface area contributed by atoms with E-state index in [2.05, 4.69) is 11.4 Å². The number of hydrogen-bond acceptors (Lipinski definition) is 4. The van der Waals surface area contributed by atoms with E-state index in [0.29, 0.717) is 12.2 Å². The van der Waals surface area contributed by atoms with Gasteiger partial charge >= 0.3 is 0 Å². The Labute approximate surface area is 141 Å². The van der Waals surface area contributed by atoms with E-state index in [0.717, 1.165) is 10.6 Å². The van der Waals surface area contributed by atoms with Crippen molar-refractivity contribution in [3.8, 4) is 6.07 Å². The van der Waals surface area contributed by atoms with Crippen molar-refractivity contribution in [2.45, 2.75) is 37.6 Å². The number of rotatable bonds is 5. The first kappa shape index (κ1) is 17.4. The van der Waals surface area contributed by atoms with Gasteiger partial charge in [-0.25, -0.2) is 0 Å². The lowest BCUT2D eigenvalue weighted by atomic mass is 9.92. The van der Waals surface area contributed by atoms with Crippen LogP contribution in [0.15, 0.2) is 29.2 Å². The first-order chi connectivity index (χ1) is 10.8. The molecule has 1 aliphatic rings. The molecule has 0 aromatic heterocycles. The van der Waals surface area contributed by atoms with Crippen LogP contribution < -0.4 is 10.2 Å². The zero-order chi connectivity index (χ0) is 17.0. The Balaban J connectivity index is 2.11. The quantitative estimate of drug-likeness (QED) is 0.900. The van der Waals surface area contributed by atoms with Gasteiger partial charge in [0.2, 0.25) is 11.8 Å². The SMILES string of the molecule is CC(C)C[C@](C)(C#N)NC(=O)CN1C(=O)CSc2ccccc21. The highest BCUT2D eigenvalue weighted by Crippen LogP contribution is 2.34. The molecule has 1 aromatic rings. The molecule has 0 aliphatic carbocycles. The van der Waals surface area contributed by atoms with Crippen molar-refractivity contribution in [1.29, 1.82) is 5.26 Å². The fraction of sp³-hybridized carbons (Fsp3) is 0.471. The third-order valence-corrected chi connectivity index (χ3v) is 4.64. The maximum absolute atomic E-state index is 12.4. The van der Waals surface area contributed by atoms with E-state index >= 15 is 0 Å². The number of nitriles is 1. The van der Waals surface area contributed by atoms with Crippen molar-refractivity contribution in [2.24, 2.45) is 5.92 Å². The lowest BCUT2D eigenvalue weighted by molar-refractivity contribution is -0.123. The number of fused-ring (bicyclic) bond motifs is 1. The second kappa shape index (κ2) is 7.05. The van der Waals surface area contributed by atoms with Crippen molar-refractivity contribution < 1.29 is 9.59 Å². The van der Waals surface area contributed by atoms with Gasteiger partial charge in [-0.05, 0) is 31.4 Å². The molecule has 2 amide bonds. The van der Waals surface area contributed by atoms with Crippen LogP contribution in [-0.4, -0.2) is 29.7 Å². The van der Waals surface area contributed by atoms with Crippen molar-refractivity contribution in [3.05, 3.63) is 24.3 Å². The van der Waals surface area contributed by atoms with Crippen LogP contribution in [0.5, 0.6) is 0 Å². The van der Waals surface area contributed by atoms with E-state index in [4.69, 9.17) is 0 Å². The number of hydrogen-bond donors (Lipinski definition) is 1. The Morgan fingerprint density at radius 1 is 1.48 bits per heavy atom. The molecular weight excluding hydrogens is 310 g/mol. The largest absolute Gasteiger partial charge is 0.336 e. The Kier molecular flexibility index (Phi) is 5.32. The fourth-order valence-corrected chi connectivity index (χ4v) is 3.70. The molecule has 0 bridgehead atoms. The average molecular weight is 331 g/mol. The number of para-hydroxylation sites is 1. The third kappa shape index (κ3) is 4.26. The van der Waals surface area contributed by atoms with Crippen molar-refractivity contribution in [1.82, 2.24) is 5.32 Å². The van der Waals surface area contributed by atoms with E-state index in [1.165, 1.54) is 16.7 Å². The Bertz CT molecular complexity index is 653. The summed E-state index contributed by atoms with van der Waals surface area (Å²) in [6.45, 7) is 5.66. The van der Waals surface area contributed by atoms with Gasteiger partial charge < -0.3 is 10.2 Å². The molecule has 1 N–H and O–H groups in total. The Hall–Kier alpha value is -2.00. The number of anilines is 1. The highest BCUT2D eigenvalue weighted by molar-refractivity contribution is 8.00. The van der Waals surface area contributed by atoms with Gasteiger partial charge in [0.15, 0.2) is 0 Å². The van der Waals surface area contributed by atoms with Crippen LogP contribution >= 0.6 is 11.8 Å². The summed E-state index contributed by atoms with van der Waals surface area (Å²) in [7, 11) is 0. The molecule has 122 valence electrons. The summed E-state index contributed by atoms with van der Waals surface area (Å²) in [4.78, 5) is 27.0. The summed E-state index contributed by atoms with van der Waals surface area (Å²) >= 11 is 1.48. The standard InChI is InChI=1S/C17H21N3O2S/c1-12(2)8-17(3,11-18)19-15(21)9-20-13-6-4-5-7-14(13)23-10-16(20)22/h4-7,12H,8-10H2,1-3H3,(H,19,21)/t17-/m1/s1. The highest BCUT2D eigenvalue weighted by atomic mass is 32.2. The first-order valence-corrected chi connectivity index (χ1v) is 8.57. The van der Waals surface area contributed by atoms with Gasteiger partial charge in [-0.1, -0.05) is 26.0 Å². The average Bonchev–Trinajstić information content (AvgIpc) is 2.49. The van der Waals surface area contributed by atoms with Gasteiger partial charge in [-0.2, -0.15) is 5.26 Å². The van der Waals surface area contributed by atoms with Gasteiger partial charge in [-0.15, -0.1) is 11.8 Å². The molecule has 1 aliphatic heterocycles. The number of amides is 2. The van der Waals surface area contributed by atoms with E-state index in [-0.39, 0.29) is 24.3 Å². The number of benzene rings is 1.